The van der Waals surface area contributed by atoms with Crippen LogP contribution in [-0.4, -0.2) is 4.57 Å². The maximum Gasteiger partial charge on any atom is 0.0541 e. The zero-order valence-corrected chi connectivity index (χ0v) is 36.3. The quantitative estimate of drug-likeness (QED) is 0.141. The van der Waals surface area contributed by atoms with Crippen LogP contribution in [0.5, 0.6) is 0 Å². The van der Waals surface area contributed by atoms with Gasteiger partial charge in [-0.1, -0.05) is 182 Å². The second kappa shape index (κ2) is 16.8. The monoisotopic (exact) mass is 840 g/mol. The molecule has 0 aliphatic carbocycles. The summed E-state index contributed by atoms with van der Waals surface area (Å²) >= 11 is 0. The summed E-state index contributed by atoms with van der Waals surface area (Å²) in [7, 11) is 0. The van der Waals surface area contributed by atoms with Crippen molar-refractivity contribution in [2.24, 2.45) is 0 Å². The van der Waals surface area contributed by atoms with Gasteiger partial charge < -0.3 is 9.47 Å². The van der Waals surface area contributed by atoms with E-state index in [1.54, 1.807) is 0 Å². The zero-order chi connectivity index (χ0) is 43.8. The normalized spacial score (nSPS) is 11.3. The van der Waals surface area contributed by atoms with Gasteiger partial charge >= 0.3 is 0 Å². The summed E-state index contributed by atoms with van der Waals surface area (Å²) in [5.74, 6) is 0. The number of benzene rings is 11. The second-order valence-corrected chi connectivity index (χ2v) is 17.0. The van der Waals surface area contributed by atoms with E-state index in [1.807, 2.05) is 0 Å². The summed E-state index contributed by atoms with van der Waals surface area (Å²) in [5, 5.41) is 5.00. The highest BCUT2D eigenvalue weighted by Crippen LogP contribution is 2.41. The Morgan fingerprint density at radius 3 is 1.23 bits per heavy atom. The molecule has 0 spiro atoms. The molecule has 0 N–H and O–H groups in total. The first-order valence-electron chi connectivity index (χ1n) is 22.7. The third kappa shape index (κ3) is 7.31. The van der Waals surface area contributed by atoms with Crippen LogP contribution in [-0.2, 0) is 0 Å². The topological polar surface area (TPSA) is 8.17 Å². The molecule has 2 nitrogen and oxygen atoms in total. The molecule has 0 radical (unpaired) electrons. The smallest absolute Gasteiger partial charge is 0.0541 e. The third-order valence-electron chi connectivity index (χ3n) is 12.9. The summed E-state index contributed by atoms with van der Waals surface area (Å²) in [6.07, 6.45) is 0. The number of hydrogen-bond acceptors (Lipinski definition) is 1. The third-order valence-corrected chi connectivity index (χ3v) is 12.9. The lowest BCUT2D eigenvalue weighted by Crippen LogP contribution is -2.10. The van der Waals surface area contributed by atoms with Gasteiger partial charge in [-0.15, -0.1) is 0 Å². The van der Waals surface area contributed by atoms with E-state index in [0.29, 0.717) is 0 Å². The highest BCUT2D eigenvalue weighted by atomic mass is 15.1. The first-order valence-corrected chi connectivity index (χ1v) is 22.7. The first-order chi connectivity index (χ1) is 32.7. The highest BCUT2D eigenvalue weighted by Gasteiger charge is 2.18. The van der Waals surface area contributed by atoms with Crippen molar-refractivity contribution >= 4 is 49.6 Å². The molecule has 0 saturated carbocycles. The molecule has 12 rings (SSSR count). The number of fused-ring (bicyclic) bond motifs is 4. The molecule has 1 aromatic heterocycles. The minimum Gasteiger partial charge on any atom is -0.310 e. The maximum absolute atomic E-state index is 2.39. The molecular formula is C64H44N2. The predicted molar refractivity (Wildman–Crippen MR) is 280 cm³/mol. The van der Waals surface area contributed by atoms with E-state index in [2.05, 4.69) is 276 Å². The lowest BCUT2D eigenvalue weighted by atomic mass is 9.93. The Morgan fingerprint density at radius 2 is 0.636 bits per heavy atom. The fourth-order valence-corrected chi connectivity index (χ4v) is 9.66. The fourth-order valence-electron chi connectivity index (χ4n) is 9.66. The average molecular weight is 841 g/mol. The predicted octanol–water partition coefficient (Wildman–Crippen LogP) is 17.7. The van der Waals surface area contributed by atoms with Gasteiger partial charge in [0.25, 0.3) is 0 Å². The maximum atomic E-state index is 2.39. The number of hydrogen-bond donors (Lipinski definition) is 0. The molecule has 2 heteroatoms. The summed E-state index contributed by atoms with van der Waals surface area (Å²) in [6.45, 7) is 0. The van der Waals surface area contributed by atoms with Crippen LogP contribution in [0.1, 0.15) is 0 Å². The van der Waals surface area contributed by atoms with Gasteiger partial charge in [0.05, 0.1) is 11.0 Å². The molecule has 0 aliphatic rings. The molecule has 0 saturated heterocycles. The number of anilines is 3. The van der Waals surface area contributed by atoms with Gasteiger partial charge in [-0.25, -0.2) is 0 Å². The SMILES string of the molecule is c1ccc(-c2cc(-c3ccccc3)cc(-c3ccc(N(c4ccc(-c5cccc(-c6ccc7ccccc7c6)c5)cc4)c4cccc(-n5c6ccccc6c6ccccc65)c4)cc3)c2)cc1. The standard InChI is InChI=1S/C64H44N2/c1-3-15-45(16-4-1)54-41-55(46-17-5-2-6-18-46)43-56(42-54)49-33-37-58(38-34-49)65(59-23-14-24-60(44-59)66-63-27-11-9-25-61(63)62-26-10-12-28-64(62)66)57-35-31-48(32-36-57)51-21-13-22-52(39-51)53-30-29-47-19-7-8-20-50(47)40-53/h1-44H. The van der Waals surface area contributed by atoms with Gasteiger partial charge in [0.15, 0.2) is 0 Å². The lowest BCUT2D eigenvalue weighted by molar-refractivity contribution is 1.17. The van der Waals surface area contributed by atoms with E-state index < -0.39 is 0 Å². The van der Waals surface area contributed by atoms with E-state index in [1.165, 1.54) is 82.6 Å². The van der Waals surface area contributed by atoms with E-state index in [-0.39, 0.29) is 0 Å². The van der Waals surface area contributed by atoms with Crippen LogP contribution >= 0.6 is 0 Å². The van der Waals surface area contributed by atoms with E-state index in [9.17, 15) is 0 Å². The molecule has 0 unspecified atom stereocenters. The largest absolute Gasteiger partial charge is 0.310 e. The Labute approximate surface area is 385 Å². The van der Waals surface area contributed by atoms with E-state index >= 15 is 0 Å². The fraction of sp³-hybridized carbons (Fsp3) is 0. The Hall–Kier alpha value is -8.72. The molecule has 66 heavy (non-hydrogen) atoms. The lowest BCUT2D eigenvalue weighted by Gasteiger charge is -2.27. The van der Waals surface area contributed by atoms with Crippen LogP contribution in [0.15, 0.2) is 267 Å². The molecule has 310 valence electrons. The molecule has 11 aromatic carbocycles. The van der Waals surface area contributed by atoms with Crippen molar-refractivity contribution in [2.45, 2.75) is 0 Å². The van der Waals surface area contributed by atoms with Crippen molar-refractivity contribution < 1.29 is 0 Å². The zero-order valence-electron chi connectivity index (χ0n) is 36.3. The van der Waals surface area contributed by atoms with Gasteiger partial charge in [-0.3, -0.25) is 0 Å². The Kier molecular flexibility index (Phi) is 9.89. The molecule has 12 aromatic rings. The number of nitrogens with zero attached hydrogens (tertiary/aromatic N) is 2. The van der Waals surface area contributed by atoms with Gasteiger partial charge in [-0.05, 0) is 151 Å². The van der Waals surface area contributed by atoms with Crippen molar-refractivity contribution in [3.63, 3.8) is 0 Å². The van der Waals surface area contributed by atoms with Gasteiger partial charge in [-0.2, -0.15) is 0 Å². The van der Waals surface area contributed by atoms with Crippen LogP contribution in [0, 0.1) is 0 Å². The Morgan fingerprint density at radius 1 is 0.227 bits per heavy atom. The van der Waals surface area contributed by atoms with Crippen LogP contribution in [0.4, 0.5) is 17.1 Å². The van der Waals surface area contributed by atoms with Gasteiger partial charge in [0.2, 0.25) is 0 Å². The van der Waals surface area contributed by atoms with Crippen LogP contribution in [0.2, 0.25) is 0 Å². The highest BCUT2D eigenvalue weighted by molar-refractivity contribution is 6.09. The molecule has 1 heterocycles. The summed E-state index contributed by atoms with van der Waals surface area (Å²) in [5.41, 5.74) is 18.6. The Bertz CT molecular complexity index is 3570. The average Bonchev–Trinajstić information content (AvgIpc) is 3.74. The minimum atomic E-state index is 1.07. The van der Waals surface area contributed by atoms with Crippen molar-refractivity contribution in [3.05, 3.63) is 267 Å². The minimum absolute atomic E-state index is 1.07. The number of para-hydroxylation sites is 2. The van der Waals surface area contributed by atoms with Crippen molar-refractivity contribution in [2.75, 3.05) is 4.90 Å². The summed E-state index contributed by atoms with van der Waals surface area (Å²) in [4.78, 5) is 2.38. The number of rotatable bonds is 9. The Balaban J connectivity index is 0.956. The summed E-state index contributed by atoms with van der Waals surface area (Å²) in [6, 6.07) is 96.9. The molecule has 0 aliphatic heterocycles. The van der Waals surface area contributed by atoms with Crippen LogP contribution in [0.3, 0.4) is 0 Å². The van der Waals surface area contributed by atoms with E-state index in [0.717, 1.165) is 28.3 Å². The molecule has 0 atom stereocenters. The number of aromatic nitrogens is 1. The first kappa shape index (κ1) is 38.9. The van der Waals surface area contributed by atoms with Gasteiger partial charge in [0.1, 0.15) is 0 Å². The van der Waals surface area contributed by atoms with Crippen molar-refractivity contribution in [1.82, 2.24) is 4.57 Å². The van der Waals surface area contributed by atoms with Gasteiger partial charge in [0, 0.05) is 33.5 Å². The molecule has 0 fully saturated rings. The van der Waals surface area contributed by atoms with Crippen LogP contribution in [0.25, 0.3) is 93.9 Å². The summed E-state index contributed by atoms with van der Waals surface area (Å²) < 4.78 is 2.39. The molecular weight excluding hydrogens is 797 g/mol. The molecule has 0 bridgehead atoms. The van der Waals surface area contributed by atoms with Crippen molar-refractivity contribution in [1.29, 1.82) is 0 Å². The second-order valence-electron chi connectivity index (χ2n) is 17.0. The van der Waals surface area contributed by atoms with E-state index in [4.69, 9.17) is 0 Å². The van der Waals surface area contributed by atoms with Crippen molar-refractivity contribution in [3.8, 4) is 61.3 Å². The molecule has 0 amide bonds. The van der Waals surface area contributed by atoms with Crippen LogP contribution < -0.4 is 4.90 Å².